The number of likely N-dealkylation sites (tertiary alicyclic amines) is 1. The molecule has 8 heteroatoms. The summed E-state index contributed by atoms with van der Waals surface area (Å²) in [5, 5.41) is 10.4. The number of hydrogen-bond acceptors (Lipinski definition) is 5. The van der Waals surface area contributed by atoms with Gasteiger partial charge in [-0.05, 0) is 68.8 Å². The van der Waals surface area contributed by atoms with Gasteiger partial charge in [0.15, 0.2) is 10.6 Å². The van der Waals surface area contributed by atoms with Crippen LogP contribution in [0.15, 0.2) is 48.5 Å². The molecular formula is C26H33N5O2S. The lowest BCUT2D eigenvalue weighted by Gasteiger charge is -2.35. The molecule has 1 fully saturated rings. The molecule has 1 aliphatic rings. The number of rotatable bonds is 9. The Morgan fingerprint density at radius 1 is 1.18 bits per heavy atom. The summed E-state index contributed by atoms with van der Waals surface area (Å²) < 4.78 is 7.74. The van der Waals surface area contributed by atoms with E-state index in [1.807, 2.05) is 41.8 Å². The van der Waals surface area contributed by atoms with Crippen LogP contribution in [0.2, 0.25) is 0 Å². The minimum absolute atomic E-state index is 0.00816. The molecule has 1 saturated heterocycles. The molecule has 0 radical (unpaired) electrons. The Morgan fingerprint density at radius 3 is 2.65 bits per heavy atom. The number of aromatic amines is 1. The molecule has 2 aromatic carbocycles. The Hall–Kier alpha value is -2.97. The van der Waals surface area contributed by atoms with Crippen LogP contribution in [-0.4, -0.2) is 52.3 Å². The van der Waals surface area contributed by atoms with Gasteiger partial charge in [-0.15, -0.1) is 0 Å². The number of carbonyl (C=O) groups excluding carboxylic acids is 1. The van der Waals surface area contributed by atoms with Crippen molar-refractivity contribution in [3.05, 3.63) is 64.4 Å². The smallest absolute Gasteiger partial charge is 0.221 e. The highest BCUT2D eigenvalue weighted by Crippen LogP contribution is 2.26. The third kappa shape index (κ3) is 5.93. The molecule has 3 aromatic rings. The van der Waals surface area contributed by atoms with Crippen LogP contribution in [0.5, 0.6) is 5.75 Å². The summed E-state index contributed by atoms with van der Waals surface area (Å²) in [7, 11) is 1.67. The first-order chi connectivity index (χ1) is 16.5. The maximum Gasteiger partial charge on any atom is 0.221 e. The lowest BCUT2D eigenvalue weighted by molar-refractivity contribution is -0.121. The number of carbonyl (C=O) groups is 1. The molecule has 1 aromatic heterocycles. The van der Waals surface area contributed by atoms with E-state index in [2.05, 4.69) is 38.6 Å². The van der Waals surface area contributed by atoms with Crippen molar-refractivity contribution in [2.45, 2.75) is 45.2 Å². The van der Waals surface area contributed by atoms with Crippen LogP contribution in [0.1, 0.15) is 42.9 Å². The normalized spacial score (nSPS) is 15.1. The Bertz CT molecular complexity index is 1150. The number of aromatic nitrogens is 3. The average molecular weight is 480 g/mol. The molecule has 1 aliphatic heterocycles. The maximum absolute atomic E-state index is 12.8. The van der Waals surface area contributed by atoms with Gasteiger partial charge in [0.25, 0.3) is 0 Å². The van der Waals surface area contributed by atoms with Crippen molar-refractivity contribution in [1.29, 1.82) is 0 Å². The Morgan fingerprint density at radius 2 is 1.94 bits per heavy atom. The van der Waals surface area contributed by atoms with Gasteiger partial charge in [0.1, 0.15) is 5.75 Å². The molecule has 0 spiro atoms. The molecule has 1 unspecified atom stereocenters. The van der Waals surface area contributed by atoms with Gasteiger partial charge in [-0.1, -0.05) is 42.3 Å². The number of benzene rings is 2. The highest BCUT2D eigenvalue weighted by molar-refractivity contribution is 7.71. The molecule has 4 rings (SSSR count). The van der Waals surface area contributed by atoms with Crippen LogP contribution in [0.25, 0.3) is 11.4 Å². The van der Waals surface area contributed by atoms with Crippen LogP contribution in [0.3, 0.4) is 0 Å². The Labute approximate surface area is 206 Å². The third-order valence-corrected chi connectivity index (χ3v) is 6.73. The van der Waals surface area contributed by atoms with E-state index in [0.29, 0.717) is 24.3 Å². The van der Waals surface area contributed by atoms with E-state index >= 15 is 0 Å². The lowest BCUT2D eigenvalue weighted by Crippen LogP contribution is -2.40. The molecular weight excluding hydrogens is 446 g/mol. The van der Waals surface area contributed by atoms with Gasteiger partial charge < -0.3 is 10.1 Å². The molecule has 2 N–H and O–H groups in total. The topological polar surface area (TPSA) is 75.2 Å². The number of ether oxygens (including phenoxy) is 1. The molecule has 0 bridgehead atoms. The monoisotopic (exact) mass is 479 g/mol. The second-order valence-corrected chi connectivity index (χ2v) is 9.20. The summed E-state index contributed by atoms with van der Waals surface area (Å²) in [6.45, 7) is 5.20. The summed E-state index contributed by atoms with van der Waals surface area (Å²) in [5.41, 5.74) is 3.33. The molecule has 34 heavy (non-hydrogen) atoms. The van der Waals surface area contributed by atoms with Crippen LogP contribution < -0.4 is 10.1 Å². The minimum Gasteiger partial charge on any atom is -0.497 e. The van der Waals surface area contributed by atoms with E-state index in [1.165, 1.54) is 24.8 Å². The number of H-pyrrole nitrogens is 1. The van der Waals surface area contributed by atoms with E-state index in [1.54, 1.807) is 7.11 Å². The molecule has 0 aliphatic carbocycles. The molecule has 7 nitrogen and oxygen atoms in total. The minimum atomic E-state index is 0.00816. The molecule has 2 heterocycles. The fourth-order valence-corrected chi connectivity index (χ4v) is 4.78. The van der Waals surface area contributed by atoms with E-state index in [0.717, 1.165) is 35.8 Å². The van der Waals surface area contributed by atoms with Crippen molar-refractivity contribution in [1.82, 2.24) is 25.0 Å². The first-order valence-corrected chi connectivity index (χ1v) is 12.3. The number of nitrogens with zero attached hydrogens (tertiary/aromatic N) is 3. The van der Waals surface area contributed by atoms with Crippen LogP contribution in [0.4, 0.5) is 0 Å². The van der Waals surface area contributed by atoms with Gasteiger partial charge in [0.05, 0.1) is 13.2 Å². The quantitative estimate of drug-likeness (QED) is 0.437. The zero-order valence-corrected chi connectivity index (χ0v) is 20.7. The molecule has 1 amide bonds. The van der Waals surface area contributed by atoms with Gasteiger partial charge >= 0.3 is 0 Å². The van der Waals surface area contributed by atoms with Gasteiger partial charge in [0.2, 0.25) is 5.91 Å². The second-order valence-electron chi connectivity index (χ2n) is 8.81. The standard InChI is InChI=1S/C26H33N5O2S/c1-19-7-6-8-21(17-19)25-28-29-26(34)31(25)16-13-24(32)27-18-23(30-14-4-3-5-15-30)20-9-11-22(33-2)12-10-20/h6-12,17,23H,3-5,13-16,18H2,1-2H3,(H,27,32)(H,29,34). The van der Waals surface area contributed by atoms with Crippen LogP contribution in [0, 0.1) is 11.7 Å². The van der Waals surface area contributed by atoms with E-state index in [4.69, 9.17) is 17.0 Å². The Balaban J connectivity index is 1.41. The number of aryl methyl sites for hydroxylation is 1. The second kappa shape index (κ2) is 11.4. The summed E-state index contributed by atoms with van der Waals surface area (Å²) in [6.07, 6.45) is 4.00. The largest absolute Gasteiger partial charge is 0.497 e. The van der Waals surface area contributed by atoms with Crippen molar-refractivity contribution in [3.8, 4) is 17.1 Å². The predicted molar refractivity (Wildman–Crippen MR) is 136 cm³/mol. The van der Waals surface area contributed by atoms with Gasteiger partial charge in [-0.2, -0.15) is 5.10 Å². The molecule has 180 valence electrons. The predicted octanol–water partition coefficient (Wildman–Crippen LogP) is 4.66. The number of amides is 1. The van der Waals surface area contributed by atoms with Crippen LogP contribution >= 0.6 is 12.2 Å². The van der Waals surface area contributed by atoms with E-state index in [9.17, 15) is 4.79 Å². The van der Waals surface area contributed by atoms with Gasteiger partial charge in [-0.25, -0.2) is 0 Å². The SMILES string of the molecule is COc1ccc(C(CNC(=O)CCn2c(-c3cccc(C)c3)n[nH]c2=S)N2CCCCC2)cc1. The number of nitrogens with one attached hydrogen (secondary N) is 2. The molecule has 0 saturated carbocycles. The summed E-state index contributed by atoms with van der Waals surface area (Å²) >= 11 is 5.43. The van der Waals surface area contributed by atoms with Gasteiger partial charge in [-0.3, -0.25) is 19.4 Å². The van der Waals surface area contributed by atoms with Crippen LogP contribution in [-0.2, 0) is 11.3 Å². The van der Waals surface area contributed by atoms with Gasteiger partial charge in [0, 0.05) is 25.1 Å². The molecule has 1 atom stereocenters. The van der Waals surface area contributed by atoms with Crippen molar-refractivity contribution < 1.29 is 9.53 Å². The van der Waals surface area contributed by atoms with Crippen molar-refractivity contribution in [3.63, 3.8) is 0 Å². The maximum atomic E-state index is 12.8. The third-order valence-electron chi connectivity index (χ3n) is 6.42. The van der Waals surface area contributed by atoms with E-state index in [-0.39, 0.29) is 11.9 Å². The number of piperidine rings is 1. The summed E-state index contributed by atoms with van der Waals surface area (Å²) in [5.74, 6) is 1.60. The summed E-state index contributed by atoms with van der Waals surface area (Å²) in [6, 6.07) is 16.4. The highest BCUT2D eigenvalue weighted by atomic mass is 32.1. The number of hydrogen-bond donors (Lipinski definition) is 2. The Kier molecular flexibility index (Phi) is 8.13. The zero-order chi connectivity index (χ0) is 23.9. The first-order valence-electron chi connectivity index (χ1n) is 11.9. The summed E-state index contributed by atoms with van der Waals surface area (Å²) in [4.78, 5) is 15.3. The zero-order valence-electron chi connectivity index (χ0n) is 19.9. The fraction of sp³-hybridized carbons (Fsp3) is 0.423. The van der Waals surface area contributed by atoms with Crippen molar-refractivity contribution in [2.75, 3.05) is 26.7 Å². The number of methoxy groups -OCH3 is 1. The van der Waals surface area contributed by atoms with Crippen molar-refractivity contribution in [2.24, 2.45) is 0 Å². The first kappa shape index (κ1) is 24.2. The van der Waals surface area contributed by atoms with Crippen molar-refractivity contribution >= 4 is 18.1 Å². The lowest BCUT2D eigenvalue weighted by atomic mass is 10.0. The fourth-order valence-electron chi connectivity index (χ4n) is 4.56. The highest BCUT2D eigenvalue weighted by Gasteiger charge is 2.23. The average Bonchev–Trinajstić information content (AvgIpc) is 3.24. The van der Waals surface area contributed by atoms with E-state index < -0.39 is 0 Å².